The van der Waals surface area contributed by atoms with Gasteiger partial charge < -0.3 is 25.8 Å². The van der Waals surface area contributed by atoms with Gasteiger partial charge in [-0.05, 0) is 48.2 Å². The first-order chi connectivity index (χ1) is 25.7. The van der Waals surface area contributed by atoms with Crippen molar-refractivity contribution in [2.75, 3.05) is 43.4 Å². The molecule has 5 N–H and O–H groups in total. The van der Waals surface area contributed by atoms with Gasteiger partial charge in [-0.15, -0.1) is 10.2 Å². The summed E-state index contributed by atoms with van der Waals surface area (Å²) in [6.07, 6.45) is 1.89. The number of aromatic hydroxyl groups is 1. The third kappa shape index (κ3) is 6.66. The summed E-state index contributed by atoms with van der Waals surface area (Å²) >= 11 is 0. The SMILES string of the molecule is Nc1nnc(-c2ccccc2O)cc1OCCc1ccc(CNCCN2CC3CC2CN3c2cccc3c2C(=O)N(C2CCC(=O)NC2=O)C3=O)cc1. The highest BCUT2D eigenvalue weighted by molar-refractivity contribution is 6.25. The third-order valence-corrected chi connectivity index (χ3v) is 10.7. The number of nitrogens with one attached hydrogen (secondary N) is 2. The Morgan fingerprint density at radius 2 is 1.70 bits per heavy atom. The molecule has 3 fully saturated rings. The number of anilines is 2. The largest absolute Gasteiger partial charge is 0.507 e. The molecule has 4 aliphatic heterocycles. The molecule has 4 aliphatic rings. The molecule has 3 unspecified atom stereocenters. The van der Waals surface area contributed by atoms with Crippen LogP contribution in [-0.4, -0.2) is 99.6 Å². The highest BCUT2D eigenvalue weighted by Crippen LogP contribution is 2.40. The van der Waals surface area contributed by atoms with E-state index in [9.17, 15) is 24.3 Å². The lowest BCUT2D eigenvalue weighted by molar-refractivity contribution is -0.136. The number of aromatic nitrogens is 2. The number of likely N-dealkylation sites (tertiary alicyclic amines) is 1. The Kier molecular flexibility index (Phi) is 9.22. The van der Waals surface area contributed by atoms with Gasteiger partial charge in [0.2, 0.25) is 11.8 Å². The van der Waals surface area contributed by atoms with Gasteiger partial charge in [-0.2, -0.15) is 0 Å². The second-order valence-corrected chi connectivity index (χ2v) is 13.9. The Balaban J connectivity index is 0.793. The predicted molar refractivity (Wildman–Crippen MR) is 195 cm³/mol. The molecule has 8 rings (SSSR count). The van der Waals surface area contributed by atoms with E-state index in [1.165, 1.54) is 5.56 Å². The van der Waals surface area contributed by atoms with E-state index in [-0.39, 0.29) is 30.5 Å². The molecule has 4 aromatic rings. The quantitative estimate of drug-likeness (QED) is 0.124. The van der Waals surface area contributed by atoms with Crippen LogP contribution in [0.5, 0.6) is 11.5 Å². The van der Waals surface area contributed by atoms with Crippen molar-refractivity contribution in [1.29, 1.82) is 0 Å². The summed E-state index contributed by atoms with van der Waals surface area (Å²) in [5.41, 5.74) is 10.8. The number of nitrogen functional groups attached to an aromatic ring is 1. The van der Waals surface area contributed by atoms with Crippen LogP contribution in [0.2, 0.25) is 0 Å². The van der Waals surface area contributed by atoms with Crippen LogP contribution in [0.4, 0.5) is 11.5 Å². The van der Waals surface area contributed by atoms with Crippen LogP contribution in [0.1, 0.15) is 51.1 Å². The minimum Gasteiger partial charge on any atom is -0.507 e. The lowest BCUT2D eigenvalue weighted by Crippen LogP contribution is -2.54. The Morgan fingerprint density at radius 1 is 0.906 bits per heavy atom. The number of phenolic OH excluding ortho intramolecular Hbond substituents is 1. The molecule has 0 spiro atoms. The molecule has 14 nitrogen and oxygen atoms in total. The molecular weight excluding hydrogens is 676 g/mol. The molecule has 4 amide bonds. The third-order valence-electron chi connectivity index (χ3n) is 10.7. The number of imide groups is 2. The first kappa shape index (κ1) is 34.2. The molecule has 0 aliphatic carbocycles. The number of carbonyl (C=O) groups excluding carboxylic acids is 4. The lowest BCUT2D eigenvalue weighted by Gasteiger charge is -2.36. The molecule has 3 aromatic carbocycles. The average Bonchev–Trinajstić information content (AvgIpc) is 3.83. The fourth-order valence-corrected chi connectivity index (χ4v) is 7.93. The number of hydrogen-bond acceptors (Lipinski definition) is 12. The van der Waals surface area contributed by atoms with Crippen molar-refractivity contribution >= 4 is 35.1 Å². The smallest absolute Gasteiger partial charge is 0.264 e. The minimum atomic E-state index is -0.979. The number of phenols is 1. The average molecular weight is 717 g/mol. The van der Waals surface area contributed by atoms with Crippen LogP contribution < -0.4 is 26.0 Å². The van der Waals surface area contributed by atoms with E-state index in [0.29, 0.717) is 47.2 Å². The normalized spacial score (nSPS) is 21.0. The van der Waals surface area contributed by atoms with Crippen molar-refractivity contribution in [2.45, 2.75) is 50.4 Å². The van der Waals surface area contributed by atoms with Crippen LogP contribution >= 0.6 is 0 Å². The lowest BCUT2D eigenvalue weighted by atomic mass is 10.0. The number of piperidine rings is 1. The molecule has 3 saturated heterocycles. The van der Waals surface area contributed by atoms with E-state index in [2.05, 4.69) is 54.9 Å². The molecule has 0 radical (unpaired) electrons. The van der Waals surface area contributed by atoms with Gasteiger partial charge in [0, 0.05) is 69.3 Å². The van der Waals surface area contributed by atoms with Gasteiger partial charge in [0.1, 0.15) is 17.5 Å². The molecule has 1 aromatic heterocycles. The van der Waals surface area contributed by atoms with Crippen molar-refractivity contribution in [3.63, 3.8) is 0 Å². The van der Waals surface area contributed by atoms with Crippen molar-refractivity contribution in [1.82, 2.24) is 30.6 Å². The van der Waals surface area contributed by atoms with Crippen LogP contribution in [0.3, 0.4) is 0 Å². The fourth-order valence-electron chi connectivity index (χ4n) is 7.93. The highest BCUT2D eigenvalue weighted by Gasteiger charge is 2.49. The number of benzene rings is 3. The predicted octanol–water partition coefficient (Wildman–Crippen LogP) is 2.51. The van der Waals surface area contributed by atoms with E-state index in [0.717, 1.165) is 55.3 Å². The van der Waals surface area contributed by atoms with Gasteiger partial charge in [0.15, 0.2) is 11.6 Å². The van der Waals surface area contributed by atoms with Gasteiger partial charge in [0.05, 0.1) is 23.4 Å². The zero-order chi connectivity index (χ0) is 36.6. The van der Waals surface area contributed by atoms with Gasteiger partial charge in [-0.1, -0.05) is 42.5 Å². The molecule has 272 valence electrons. The number of nitrogens with two attached hydrogens (primary N) is 1. The van der Waals surface area contributed by atoms with Gasteiger partial charge in [-0.3, -0.25) is 34.3 Å². The number of amides is 4. The number of para-hydroxylation sites is 1. The number of fused-ring (bicyclic) bond motifs is 3. The maximum absolute atomic E-state index is 13.6. The summed E-state index contributed by atoms with van der Waals surface area (Å²) in [6.45, 7) is 4.51. The van der Waals surface area contributed by atoms with Crippen LogP contribution in [0.15, 0.2) is 72.8 Å². The molecule has 0 saturated carbocycles. The minimum absolute atomic E-state index is 0.0913. The summed E-state index contributed by atoms with van der Waals surface area (Å²) in [5, 5.41) is 24.1. The van der Waals surface area contributed by atoms with Gasteiger partial charge in [-0.25, -0.2) is 0 Å². The van der Waals surface area contributed by atoms with E-state index < -0.39 is 29.7 Å². The number of rotatable bonds is 12. The Morgan fingerprint density at radius 3 is 2.47 bits per heavy atom. The van der Waals surface area contributed by atoms with Gasteiger partial charge >= 0.3 is 0 Å². The molecule has 3 atom stereocenters. The number of hydrogen-bond donors (Lipinski definition) is 4. The van der Waals surface area contributed by atoms with Crippen molar-refractivity contribution in [2.24, 2.45) is 0 Å². The fraction of sp³-hybridized carbons (Fsp3) is 0.333. The Labute approximate surface area is 305 Å². The van der Waals surface area contributed by atoms with E-state index >= 15 is 0 Å². The number of ether oxygens (including phenoxy) is 1. The van der Waals surface area contributed by atoms with E-state index in [1.807, 2.05) is 12.1 Å². The number of nitrogens with zero attached hydrogens (tertiary/aromatic N) is 5. The van der Waals surface area contributed by atoms with Crippen LogP contribution in [-0.2, 0) is 22.6 Å². The Bertz CT molecular complexity index is 2090. The summed E-state index contributed by atoms with van der Waals surface area (Å²) in [6, 6.07) is 21.9. The Hall–Kier alpha value is -5.86. The number of carbonyl (C=O) groups is 4. The maximum atomic E-state index is 13.6. The summed E-state index contributed by atoms with van der Waals surface area (Å²) in [5.74, 6) is -1.21. The standard InChI is InChI=1S/C39H40N8O6/c40-36-33(19-29(43-44-36)27-4-1-2-7-32(27)48)53-17-14-23-8-10-24(11-9-23)20-41-15-16-45-21-26-18-25(45)22-46(26)30-6-3-5-28-35(30)39(52)47(38(28)51)31-12-13-34(49)42-37(31)50/h1-11,19,25-26,31,41,48H,12-18,20-22H2,(H2,40,44)(H,42,49,50). The topological polar surface area (TPSA) is 183 Å². The second kappa shape index (κ2) is 14.3. The zero-order valence-corrected chi connectivity index (χ0v) is 29.0. The first-order valence-corrected chi connectivity index (χ1v) is 17.9. The summed E-state index contributed by atoms with van der Waals surface area (Å²) in [4.78, 5) is 56.9. The number of piperazine rings is 1. The molecule has 5 heterocycles. The zero-order valence-electron chi connectivity index (χ0n) is 29.0. The van der Waals surface area contributed by atoms with Crippen LogP contribution in [0.25, 0.3) is 11.3 Å². The van der Waals surface area contributed by atoms with Gasteiger partial charge in [0.25, 0.3) is 11.8 Å². The van der Waals surface area contributed by atoms with Crippen molar-refractivity contribution in [3.05, 3.63) is 95.1 Å². The first-order valence-electron chi connectivity index (χ1n) is 17.9. The van der Waals surface area contributed by atoms with Crippen molar-refractivity contribution < 1.29 is 29.0 Å². The van der Waals surface area contributed by atoms with E-state index in [4.69, 9.17) is 10.5 Å². The second-order valence-electron chi connectivity index (χ2n) is 13.9. The summed E-state index contributed by atoms with van der Waals surface area (Å²) in [7, 11) is 0. The molecule has 53 heavy (non-hydrogen) atoms. The molecule has 14 heteroatoms. The monoisotopic (exact) mass is 716 g/mol. The maximum Gasteiger partial charge on any atom is 0.264 e. The molecular formula is C39H40N8O6. The highest BCUT2D eigenvalue weighted by atomic mass is 16.5. The van der Waals surface area contributed by atoms with Crippen LogP contribution in [0, 0.1) is 0 Å². The van der Waals surface area contributed by atoms with Crippen molar-refractivity contribution in [3.8, 4) is 22.8 Å². The molecule has 2 bridgehead atoms. The van der Waals surface area contributed by atoms with E-state index in [1.54, 1.807) is 36.4 Å². The summed E-state index contributed by atoms with van der Waals surface area (Å²) < 4.78 is 5.93.